The van der Waals surface area contributed by atoms with E-state index >= 15 is 0 Å². The first-order valence-electron chi connectivity index (χ1n) is 5.98. The third-order valence-electron chi connectivity index (χ3n) is 3.20. The Morgan fingerprint density at radius 2 is 1.71 bits per heavy atom. The smallest absolute Gasteiger partial charge is 0.258 e. The molecule has 1 aromatic rings. The van der Waals surface area contributed by atoms with E-state index in [-0.39, 0.29) is 0 Å². The number of alkyl halides is 2. The molecule has 0 radical (unpaired) electrons. The van der Waals surface area contributed by atoms with Gasteiger partial charge in [0.25, 0.3) is 6.43 Å². The van der Waals surface area contributed by atoms with Gasteiger partial charge in [0.05, 0.1) is 6.04 Å². The zero-order chi connectivity index (χ0) is 12.3. The maximum absolute atomic E-state index is 13.2. The molecule has 1 aliphatic rings. The van der Waals surface area contributed by atoms with Crippen molar-refractivity contribution < 1.29 is 8.78 Å². The average molecular weight is 240 g/mol. The maximum Gasteiger partial charge on any atom is 0.258 e. The van der Waals surface area contributed by atoms with Crippen molar-refractivity contribution in [2.75, 3.05) is 26.2 Å². The first-order chi connectivity index (χ1) is 8.18. The van der Waals surface area contributed by atoms with Crippen LogP contribution >= 0.6 is 0 Å². The fourth-order valence-corrected chi connectivity index (χ4v) is 2.24. The molecule has 94 valence electrons. The number of piperazine rings is 1. The van der Waals surface area contributed by atoms with Gasteiger partial charge >= 0.3 is 0 Å². The summed E-state index contributed by atoms with van der Waals surface area (Å²) in [6, 6.07) is 6.65. The molecule has 0 amide bonds. The summed E-state index contributed by atoms with van der Waals surface area (Å²) >= 11 is 0. The molecule has 1 heterocycles. The summed E-state index contributed by atoms with van der Waals surface area (Å²) in [6.45, 7) is 4.90. The van der Waals surface area contributed by atoms with Crippen molar-refractivity contribution in [2.45, 2.75) is 19.4 Å². The summed E-state index contributed by atoms with van der Waals surface area (Å²) in [5.74, 6) is 0. The van der Waals surface area contributed by atoms with Crippen LogP contribution in [-0.4, -0.2) is 37.5 Å². The Balaban J connectivity index is 2.18. The largest absolute Gasteiger partial charge is 0.314 e. The van der Waals surface area contributed by atoms with Gasteiger partial charge in [0.1, 0.15) is 0 Å². The van der Waals surface area contributed by atoms with Crippen LogP contribution in [0.25, 0.3) is 0 Å². The fraction of sp³-hybridized carbons (Fsp3) is 0.538. The molecule has 1 aliphatic heterocycles. The maximum atomic E-state index is 13.2. The Morgan fingerprint density at radius 1 is 1.12 bits per heavy atom. The molecule has 1 N–H and O–H groups in total. The molecule has 0 bridgehead atoms. The highest BCUT2D eigenvalue weighted by molar-refractivity contribution is 5.24. The molecule has 1 atom stereocenters. The van der Waals surface area contributed by atoms with Gasteiger partial charge in [0.15, 0.2) is 0 Å². The minimum atomic E-state index is -2.34. The van der Waals surface area contributed by atoms with Crippen LogP contribution in [-0.2, 0) is 0 Å². The van der Waals surface area contributed by atoms with E-state index in [2.05, 4.69) is 5.32 Å². The normalized spacial score (nSPS) is 19.5. The van der Waals surface area contributed by atoms with Crippen molar-refractivity contribution in [1.82, 2.24) is 10.2 Å². The topological polar surface area (TPSA) is 15.3 Å². The van der Waals surface area contributed by atoms with E-state index in [0.29, 0.717) is 18.7 Å². The Hall–Kier alpha value is -1.00. The second kappa shape index (κ2) is 5.56. The Morgan fingerprint density at radius 3 is 2.24 bits per heavy atom. The lowest BCUT2D eigenvalue weighted by Gasteiger charge is -2.34. The summed E-state index contributed by atoms with van der Waals surface area (Å²) in [7, 11) is 0. The Kier molecular flexibility index (Phi) is 4.07. The molecular formula is C13H18F2N2. The summed E-state index contributed by atoms with van der Waals surface area (Å²) in [6.07, 6.45) is -2.34. The van der Waals surface area contributed by atoms with E-state index in [9.17, 15) is 8.78 Å². The van der Waals surface area contributed by atoms with Gasteiger partial charge in [-0.05, 0) is 12.5 Å². The summed E-state index contributed by atoms with van der Waals surface area (Å²) in [4.78, 5) is 1.87. The minimum absolute atomic E-state index is 0.683. The second-order valence-corrected chi connectivity index (χ2v) is 4.48. The highest BCUT2D eigenvalue weighted by Crippen LogP contribution is 2.27. The molecular weight excluding hydrogens is 222 g/mol. The Bertz CT molecular complexity index is 345. The molecule has 0 aromatic heterocycles. The molecule has 0 spiro atoms. The number of hydrogen-bond donors (Lipinski definition) is 1. The molecule has 2 rings (SSSR count). The van der Waals surface area contributed by atoms with Crippen LogP contribution in [0.3, 0.4) is 0 Å². The van der Waals surface area contributed by atoms with Crippen LogP contribution in [0.1, 0.15) is 17.2 Å². The highest BCUT2D eigenvalue weighted by atomic mass is 19.3. The molecule has 0 unspecified atom stereocenters. The first-order valence-corrected chi connectivity index (χ1v) is 5.98. The SMILES string of the molecule is Cc1ccc([C@@H](C(F)F)N2CCNCC2)cc1. The van der Waals surface area contributed by atoms with E-state index in [4.69, 9.17) is 0 Å². The zero-order valence-corrected chi connectivity index (χ0v) is 10.00. The number of nitrogens with zero attached hydrogens (tertiary/aromatic N) is 1. The van der Waals surface area contributed by atoms with Gasteiger partial charge in [-0.1, -0.05) is 29.8 Å². The van der Waals surface area contributed by atoms with Crippen LogP contribution in [0.2, 0.25) is 0 Å². The number of hydrogen-bond acceptors (Lipinski definition) is 2. The molecule has 2 nitrogen and oxygen atoms in total. The monoisotopic (exact) mass is 240 g/mol. The van der Waals surface area contributed by atoms with Crippen LogP contribution in [0.15, 0.2) is 24.3 Å². The zero-order valence-electron chi connectivity index (χ0n) is 10.00. The van der Waals surface area contributed by atoms with Crippen LogP contribution in [0.4, 0.5) is 8.78 Å². The third-order valence-corrected chi connectivity index (χ3v) is 3.20. The van der Waals surface area contributed by atoms with Crippen molar-refractivity contribution in [2.24, 2.45) is 0 Å². The van der Waals surface area contributed by atoms with E-state index in [1.807, 2.05) is 36.1 Å². The predicted molar refractivity (Wildman–Crippen MR) is 64.4 cm³/mol. The molecule has 1 aromatic carbocycles. The standard InChI is InChI=1S/C13H18F2N2/c1-10-2-4-11(5-3-10)12(13(14)15)17-8-6-16-7-9-17/h2-5,12-13,16H,6-9H2,1H3/t12-/m0/s1. The number of benzene rings is 1. The van der Waals surface area contributed by atoms with E-state index in [1.165, 1.54) is 0 Å². The van der Waals surface area contributed by atoms with Gasteiger partial charge < -0.3 is 5.32 Å². The molecule has 1 fully saturated rings. The number of aryl methyl sites for hydroxylation is 1. The lowest BCUT2D eigenvalue weighted by molar-refractivity contribution is 0.0182. The van der Waals surface area contributed by atoms with Gasteiger partial charge in [-0.15, -0.1) is 0 Å². The van der Waals surface area contributed by atoms with Gasteiger partial charge in [-0.25, -0.2) is 8.78 Å². The summed E-state index contributed by atoms with van der Waals surface area (Å²) in [5, 5.41) is 3.18. The number of rotatable bonds is 3. The molecule has 0 aliphatic carbocycles. The van der Waals surface area contributed by atoms with Gasteiger partial charge in [0.2, 0.25) is 0 Å². The number of nitrogens with one attached hydrogen (secondary N) is 1. The van der Waals surface area contributed by atoms with Crippen molar-refractivity contribution in [3.05, 3.63) is 35.4 Å². The molecule has 17 heavy (non-hydrogen) atoms. The van der Waals surface area contributed by atoms with Crippen molar-refractivity contribution in [3.63, 3.8) is 0 Å². The second-order valence-electron chi connectivity index (χ2n) is 4.48. The van der Waals surface area contributed by atoms with E-state index < -0.39 is 12.5 Å². The van der Waals surface area contributed by atoms with Crippen LogP contribution in [0.5, 0.6) is 0 Å². The average Bonchev–Trinajstić information content (AvgIpc) is 2.33. The lowest BCUT2D eigenvalue weighted by Crippen LogP contribution is -2.46. The van der Waals surface area contributed by atoms with Crippen molar-refractivity contribution in [1.29, 1.82) is 0 Å². The Labute approximate surface area is 101 Å². The van der Waals surface area contributed by atoms with Crippen LogP contribution in [0, 0.1) is 6.92 Å². The molecule has 4 heteroatoms. The highest BCUT2D eigenvalue weighted by Gasteiger charge is 2.29. The molecule has 1 saturated heterocycles. The summed E-state index contributed by atoms with van der Waals surface area (Å²) < 4.78 is 26.4. The van der Waals surface area contributed by atoms with Gasteiger partial charge in [0, 0.05) is 26.2 Å². The fourth-order valence-electron chi connectivity index (χ4n) is 2.24. The third kappa shape index (κ3) is 3.01. The van der Waals surface area contributed by atoms with Gasteiger partial charge in [-0.3, -0.25) is 4.90 Å². The minimum Gasteiger partial charge on any atom is -0.314 e. The van der Waals surface area contributed by atoms with E-state index in [0.717, 1.165) is 18.7 Å². The van der Waals surface area contributed by atoms with Gasteiger partial charge in [-0.2, -0.15) is 0 Å². The van der Waals surface area contributed by atoms with Crippen molar-refractivity contribution in [3.8, 4) is 0 Å². The number of halogens is 2. The summed E-state index contributed by atoms with van der Waals surface area (Å²) in [5.41, 5.74) is 1.81. The lowest BCUT2D eigenvalue weighted by atomic mass is 10.0. The quantitative estimate of drug-likeness (QED) is 0.871. The predicted octanol–water partition coefficient (Wildman–Crippen LogP) is 2.21. The first kappa shape index (κ1) is 12.5. The van der Waals surface area contributed by atoms with E-state index in [1.54, 1.807) is 0 Å². The molecule has 0 saturated carbocycles. The van der Waals surface area contributed by atoms with Crippen LogP contribution < -0.4 is 5.32 Å². The van der Waals surface area contributed by atoms with Crippen molar-refractivity contribution >= 4 is 0 Å².